The quantitative estimate of drug-likeness (QED) is 0.846. The lowest BCUT2D eigenvalue weighted by molar-refractivity contribution is 0.1000. The van der Waals surface area contributed by atoms with Crippen LogP contribution in [0.2, 0.25) is 0 Å². The number of primary amides is 1. The summed E-state index contributed by atoms with van der Waals surface area (Å²) in [7, 11) is 1.98. The van der Waals surface area contributed by atoms with Crippen LogP contribution < -0.4 is 16.0 Å². The minimum absolute atomic E-state index is 0.393. The zero-order chi connectivity index (χ0) is 13.8. The number of nitrogens with one attached hydrogen (secondary N) is 1. The highest BCUT2D eigenvalue weighted by Gasteiger charge is 2.21. The molecule has 5 heteroatoms. The molecule has 0 saturated carbocycles. The molecule has 1 unspecified atom stereocenters. The van der Waals surface area contributed by atoms with Gasteiger partial charge in [0.15, 0.2) is 0 Å². The monoisotopic (exact) mass is 262 g/mol. The van der Waals surface area contributed by atoms with E-state index < -0.39 is 5.91 Å². The highest BCUT2D eigenvalue weighted by molar-refractivity contribution is 5.93. The lowest BCUT2D eigenvalue weighted by Crippen LogP contribution is -2.39. The number of anilines is 1. The van der Waals surface area contributed by atoms with Crippen LogP contribution in [0, 0.1) is 12.8 Å². The van der Waals surface area contributed by atoms with Gasteiger partial charge in [-0.15, -0.1) is 0 Å². The fourth-order valence-corrected chi connectivity index (χ4v) is 2.68. The average molecular weight is 262 g/mol. The predicted octanol–water partition coefficient (Wildman–Crippen LogP) is 0.925. The third kappa shape index (κ3) is 3.44. The topological polar surface area (TPSA) is 71.2 Å². The van der Waals surface area contributed by atoms with Crippen LogP contribution in [0.25, 0.3) is 0 Å². The summed E-state index contributed by atoms with van der Waals surface area (Å²) in [5.74, 6) is 1.11. The summed E-state index contributed by atoms with van der Waals surface area (Å²) in [5, 5.41) is 3.23. The number of pyridine rings is 1. The highest BCUT2D eigenvalue weighted by atomic mass is 16.1. The van der Waals surface area contributed by atoms with Gasteiger partial charge in [-0.25, -0.2) is 4.98 Å². The van der Waals surface area contributed by atoms with Crippen LogP contribution in [0.3, 0.4) is 0 Å². The van der Waals surface area contributed by atoms with Gasteiger partial charge in [0.2, 0.25) is 5.91 Å². The van der Waals surface area contributed by atoms with Crippen molar-refractivity contribution in [2.75, 3.05) is 31.6 Å². The molecule has 1 atom stereocenters. The smallest absolute Gasteiger partial charge is 0.248 e. The molecular weight excluding hydrogens is 240 g/mol. The first-order valence-electron chi connectivity index (χ1n) is 6.78. The van der Waals surface area contributed by atoms with Crippen molar-refractivity contribution < 1.29 is 4.79 Å². The SMILES string of the molecule is CNCC1CCCN(c2cc(C(N)=O)cc(C)n2)C1. The van der Waals surface area contributed by atoms with E-state index in [9.17, 15) is 4.79 Å². The van der Waals surface area contributed by atoms with Gasteiger partial charge in [0.05, 0.1) is 0 Å². The third-order valence-electron chi connectivity index (χ3n) is 3.56. The van der Waals surface area contributed by atoms with Crippen LogP contribution in [0.1, 0.15) is 28.9 Å². The van der Waals surface area contributed by atoms with Crippen molar-refractivity contribution in [3.63, 3.8) is 0 Å². The van der Waals surface area contributed by atoms with E-state index in [1.165, 1.54) is 6.42 Å². The second kappa shape index (κ2) is 6.02. The molecule has 3 N–H and O–H groups in total. The van der Waals surface area contributed by atoms with Crippen LogP contribution >= 0.6 is 0 Å². The molecule has 0 aromatic carbocycles. The van der Waals surface area contributed by atoms with Crippen LogP contribution in [0.4, 0.5) is 5.82 Å². The number of amides is 1. The maximum atomic E-state index is 11.3. The number of rotatable bonds is 4. The number of hydrogen-bond acceptors (Lipinski definition) is 4. The minimum Gasteiger partial charge on any atom is -0.366 e. The van der Waals surface area contributed by atoms with E-state index in [0.29, 0.717) is 11.5 Å². The van der Waals surface area contributed by atoms with Crippen molar-refractivity contribution in [3.8, 4) is 0 Å². The van der Waals surface area contributed by atoms with E-state index in [0.717, 1.165) is 37.6 Å². The van der Waals surface area contributed by atoms with Gasteiger partial charge >= 0.3 is 0 Å². The Kier molecular flexibility index (Phi) is 4.37. The Labute approximate surface area is 114 Å². The van der Waals surface area contributed by atoms with Crippen molar-refractivity contribution in [1.29, 1.82) is 0 Å². The van der Waals surface area contributed by atoms with Crippen molar-refractivity contribution in [2.24, 2.45) is 11.7 Å². The first kappa shape index (κ1) is 13.8. The summed E-state index contributed by atoms with van der Waals surface area (Å²) >= 11 is 0. The molecule has 2 rings (SSSR count). The number of nitrogens with two attached hydrogens (primary N) is 1. The number of aromatic nitrogens is 1. The molecule has 1 fully saturated rings. The van der Waals surface area contributed by atoms with Crippen molar-refractivity contribution in [2.45, 2.75) is 19.8 Å². The van der Waals surface area contributed by atoms with Crippen molar-refractivity contribution in [1.82, 2.24) is 10.3 Å². The molecule has 0 spiro atoms. The van der Waals surface area contributed by atoms with E-state index in [1.54, 1.807) is 12.1 Å². The summed E-state index contributed by atoms with van der Waals surface area (Å²) < 4.78 is 0. The summed E-state index contributed by atoms with van der Waals surface area (Å²) in [6, 6.07) is 3.54. The molecule has 1 aliphatic rings. The number of piperidine rings is 1. The molecule has 1 aliphatic heterocycles. The van der Waals surface area contributed by atoms with Crippen LogP contribution in [-0.2, 0) is 0 Å². The molecule has 1 aromatic rings. The van der Waals surface area contributed by atoms with Crippen LogP contribution in [-0.4, -0.2) is 37.6 Å². The molecule has 0 bridgehead atoms. The summed E-state index contributed by atoms with van der Waals surface area (Å²) in [6.07, 6.45) is 2.40. The Morgan fingerprint density at radius 1 is 1.58 bits per heavy atom. The second-order valence-corrected chi connectivity index (χ2v) is 5.23. The minimum atomic E-state index is -0.393. The Hall–Kier alpha value is -1.62. The predicted molar refractivity (Wildman–Crippen MR) is 76.4 cm³/mol. The number of nitrogens with zero attached hydrogens (tertiary/aromatic N) is 2. The third-order valence-corrected chi connectivity index (χ3v) is 3.56. The Morgan fingerprint density at radius 3 is 3.05 bits per heavy atom. The van der Waals surface area contributed by atoms with Gasteiger partial charge in [0, 0.05) is 24.3 Å². The number of aryl methyl sites for hydroxylation is 1. The highest BCUT2D eigenvalue weighted by Crippen LogP contribution is 2.22. The van der Waals surface area contributed by atoms with E-state index >= 15 is 0 Å². The fourth-order valence-electron chi connectivity index (χ4n) is 2.68. The van der Waals surface area contributed by atoms with Crippen molar-refractivity contribution in [3.05, 3.63) is 23.4 Å². The largest absolute Gasteiger partial charge is 0.366 e. The van der Waals surface area contributed by atoms with Gasteiger partial charge in [-0.05, 0) is 51.4 Å². The van der Waals surface area contributed by atoms with Crippen LogP contribution in [0.5, 0.6) is 0 Å². The number of carbonyl (C=O) groups excluding carboxylic acids is 1. The molecule has 0 aliphatic carbocycles. The van der Waals surface area contributed by atoms with Gasteiger partial charge in [0.25, 0.3) is 0 Å². The molecule has 1 saturated heterocycles. The van der Waals surface area contributed by atoms with E-state index in [2.05, 4.69) is 15.2 Å². The molecule has 19 heavy (non-hydrogen) atoms. The Morgan fingerprint density at radius 2 is 2.37 bits per heavy atom. The number of hydrogen-bond donors (Lipinski definition) is 2. The van der Waals surface area contributed by atoms with E-state index in [4.69, 9.17) is 5.73 Å². The van der Waals surface area contributed by atoms with Gasteiger partial charge in [-0.1, -0.05) is 0 Å². The van der Waals surface area contributed by atoms with Gasteiger partial charge in [-0.2, -0.15) is 0 Å². The summed E-state index contributed by atoms with van der Waals surface area (Å²) in [4.78, 5) is 18.1. The summed E-state index contributed by atoms with van der Waals surface area (Å²) in [5.41, 5.74) is 6.74. The molecule has 0 radical (unpaired) electrons. The maximum Gasteiger partial charge on any atom is 0.248 e. The maximum absolute atomic E-state index is 11.3. The van der Waals surface area contributed by atoms with Crippen LogP contribution in [0.15, 0.2) is 12.1 Å². The van der Waals surface area contributed by atoms with E-state index in [1.807, 2.05) is 14.0 Å². The second-order valence-electron chi connectivity index (χ2n) is 5.23. The molecule has 1 aromatic heterocycles. The Balaban J connectivity index is 2.18. The lowest BCUT2D eigenvalue weighted by atomic mass is 9.98. The zero-order valence-electron chi connectivity index (χ0n) is 11.6. The van der Waals surface area contributed by atoms with Gasteiger partial charge < -0.3 is 16.0 Å². The Bertz CT molecular complexity index is 459. The number of carbonyl (C=O) groups is 1. The molecule has 1 amide bonds. The first-order valence-corrected chi connectivity index (χ1v) is 6.78. The normalized spacial score (nSPS) is 19.5. The molecular formula is C14H22N4O. The summed E-state index contributed by atoms with van der Waals surface area (Å²) in [6.45, 7) is 4.89. The standard InChI is InChI=1S/C14H22N4O/c1-10-6-12(14(15)19)7-13(17-10)18-5-3-4-11(9-18)8-16-2/h6-7,11,16H,3-5,8-9H2,1-2H3,(H2,15,19). The molecule has 5 nitrogen and oxygen atoms in total. The van der Waals surface area contributed by atoms with Gasteiger partial charge in [-0.3, -0.25) is 4.79 Å². The average Bonchev–Trinajstić information content (AvgIpc) is 2.38. The molecule has 104 valence electrons. The zero-order valence-corrected chi connectivity index (χ0v) is 11.6. The molecule has 2 heterocycles. The van der Waals surface area contributed by atoms with Crippen molar-refractivity contribution >= 4 is 11.7 Å². The first-order chi connectivity index (χ1) is 9.10. The fraction of sp³-hybridized carbons (Fsp3) is 0.571. The van der Waals surface area contributed by atoms with E-state index in [-0.39, 0.29) is 0 Å². The van der Waals surface area contributed by atoms with Gasteiger partial charge in [0.1, 0.15) is 5.82 Å². The lowest BCUT2D eigenvalue weighted by Gasteiger charge is -2.33.